The molecule has 1 aliphatic heterocycles. The van der Waals surface area contributed by atoms with Crippen molar-refractivity contribution in [1.29, 1.82) is 0 Å². The molecule has 1 atom stereocenters. The van der Waals surface area contributed by atoms with E-state index >= 15 is 0 Å². The van der Waals surface area contributed by atoms with Crippen LogP contribution in [0.5, 0.6) is 11.5 Å². The number of hydrogen-bond donors (Lipinski definition) is 2. The molecule has 0 spiro atoms. The predicted octanol–water partition coefficient (Wildman–Crippen LogP) is 3.99. The number of H-pyrrole nitrogens is 1. The number of nitrogens with zero attached hydrogens (tertiary/aromatic N) is 2. The normalized spacial score (nSPS) is 14.0. The van der Waals surface area contributed by atoms with Crippen LogP contribution in [0.2, 0.25) is 0 Å². The van der Waals surface area contributed by atoms with E-state index in [0.717, 1.165) is 27.4 Å². The van der Waals surface area contributed by atoms with Gasteiger partial charge in [0.2, 0.25) is 5.91 Å². The van der Waals surface area contributed by atoms with Gasteiger partial charge in [0.25, 0.3) is 0 Å². The van der Waals surface area contributed by atoms with Crippen LogP contribution in [0, 0.1) is 5.82 Å². The Hall–Kier alpha value is -3.33. The van der Waals surface area contributed by atoms with Crippen molar-refractivity contribution < 1.29 is 18.7 Å². The second-order valence-corrected chi connectivity index (χ2v) is 8.20. The van der Waals surface area contributed by atoms with Gasteiger partial charge in [0.1, 0.15) is 24.1 Å². The Kier molecular flexibility index (Phi) is 5.11. The Morgan fingerprint density at radius 3 is 2.90 bits per heavy atom. The number of rotatable bonds is 5. The Bertz CT molecular complexity index is 1290. The highest BCUT2D eigenvalue weighted by Crippen LogP contribution is 2.33. The maximum absolute atomic E-state index is 13.6. The lowest BCUT2D eigenvalue weighted by Crippen LogP contribution is -2.28. The van der Waals surface area contributed by atoms with Crippen LogP contribution < -0.4 is 14.8 Å². The molecule has 9 heteroatoms. The highest BCUT2D eigenvalue weighted by molar-refractivity contribution is 8.00. The van der Waals surface area contributed by atoms with Crippen molar-refractivity contribution >= 4 is 39.5 Å². The van der Waals surface area contributed by atoms with Crippen molar-refractivity contribution in [3.05, 3.63) is 54.0 Å². The number of halogens is 1. The molecule has 158 valence electrons. The van der Waals surface area contributed by atoms with Gasteiger partial charge in [-0.2, -0.15) is 5.10 Å². The molecule has 0 fully saturated rings. The van der Waals surface area contributed by atoms with Crippen LogP contribution in [-0.4, -0.2) is 40.1 Å². The third kappa shape index (κ3) is 3.88. The number of carbonyl (C=O) groups is 1. The summed E-state index contributed by atoms with van der Waals surface area (Å²) in [5.74, 6) is 1.14. The number of carbonyl (C=O) groups excluding carboxylic acids is 1. The molecule has 31 heavy (non-hydrogen) atoms. The molecule has 7 nitrogen and oxygen atoms in total. The van der Waals surface area contributed by atoms with Crippen molar-refractivity contribution in [3.63, 3.8) is 0 Å². The zero-order valence-electron chi connectivity index (χ0n) is 16.6. The summed E-state index contributed by atoms with van der Waals surface area (Å²) in [6, 6.07) is 10.0. The molecule has 2 aromatic heterocycles. The third-order valence-corrected chi connectivity index (χ3v) is 6.10. The first-order chi connectivity index (χ1) is 15.1. The van der Waals surface area contributed by atoms with Crippen LogP contribution in [0.25, 0.3) is 21.8 Å². The largest absolute Gasteiger partial charge is 0.486 e. The Balaban J connectivity index is 1.28. The first-order valence-corrected chi connectivity index (χ1v) is 10.8. The first kappa shape index (κ1) is 19.6. The number of aromatic amines is 1. The average Bonchev–Trinajstić information content (AvgIpc) is 3.15. The van der Waals surface area contributed by atoms with Gasteiger partial charge in [-0.3, -0.25) is 4.79 Å². The summed E-state index contributed by atoms with van der Waals surface area (Å²) in [7, 11) is 0. The van der Waals surface area contributed by atoms with E-state index in [0.29, 0.717) is 29.7 Å². The van der Waals surface area contributed by atoms with Gasteiger partial charge in [-0.05, 0) is 42.8 Å². The van der Waals surface area contributed by atoms with Crippen LogP contribution >= 0.6 is 11.8 Å². The van der Waals surface area contributed by atoms with Gasteiger partial charge in [-0.1, -0.05) is 17.8 Å². The van der Waals surface area contributed by atoms with Crippen LogP contribution in [0.4, 0.5) is 4.39 Å². The standard InChI is InChI=1S/C22H19FN4O3S/c1-12(13-2-5-18-19(8-13)30-7-6-29-18)25-20(28)11-31-22-21-16(10-24-27-22)15-9-14(23)3-4-17(15)26-21/h2-5,8-10,12,26H,6-7,11H2,1H3,(H,25,28)/t12-/m1/s1. The number of aromatic nitrogens is 3. The highest BCUT2D eigenvalue weighted by atomic mass is 32.2. The molecule has 0 radical (unpaired) electrons. The molecule has 0 saturated heterocycles. The Morgan fingerprint density at radius 1 is 1.19 bits per heavy atom. The summed E-state index contributed by atoms with van der Waals surface area (Å²) in [6.45, 7) is 2.97. The number of ether oxygens (including phenoxy) is 2. The van der Waals surface area contributed by atoms with E-state index in [4.69, 9.17) is 9.47 Å². The summed E-state index contributed by atoms with van der Waals surface area (Å²) < 4.78 is 24.8. The SMILES string of the molecule is C[C@@H](NC(=O)CSc1nncc2c1[nH]c1ccc(F)cc12)c1ccc2c(c1)OCCO2. The van der Waals surface area contributed by atoms with Gasteiger partial charge in [0.15, 0.2) is 11.5 Å². The van der Waals surface area contributed by atoms with E-state index in [1.165, 1.54) is 23.9 Å². The fourth-order valence-corrected chi connectivity index (χ4v) is 4.37. The van der Waals surface area contributed by atoms with E-state index < -0.39 is 0 Å². The predicted molar refractivity (Wildman–Crippen MR) is 116 cm³/mol. The monoisotopic (exact) mass is 438 g/mol. The molecule has 4 aromatic rings. The number of amides is 1. The molecule has 3 heterocycles. The first-order valence-electron chi connectivity index (χ1n) is 9.83. The minimum Gasteiger partial charge on any atom is -0.486 e. The third-order valence-electron chi connectivity index (χ3n) is 5.13. The molecule has 1 amide bonds. The maximum atomic E-state index is 13.6. The lowest BCUT2D eigenvalue weighted by molar-refractivity contribution is -0.119. The molecule has 2 N–H and O–H groups in total. The van der Waals surface area contributed by atoms with Gasteiger partial charge >= 0.3 is 0 Å². The minimum absolute atomic E-state index is 0.131. The fraction of sp³-hybridized carbons (Fsp3) is 0.227. The molecule has 5 rings (SSSR count). The topological polar surface area (TPSA) is 89.1 Å². The Morgan fingerprint density at radius 2 is 2.03 bits per heavy atom. The summed E-state index contributed by atoms with van der Waals surface area (Å²) in [6.07, 6.45) is 1.60. The van der Waals surface area contributed by atoms with Gasteiger partial charge in [-0.15, -0.1) is 5.10 Å². The summed E-state index contributed by atoms with van der Waals surface area (Å²) in [4.78, 5) is 15.8. The van der Waals surface area contributed by atoms with Crippen LogP contribution in [0.1, 0.15) is 18.5 Å². The van der Waals surface area contributed by atoms with Crippen LogP contribution in [0.15, 0.2) is 47.6 Å². The zero-order chi connectivity index (χ0) is 21.4. The number of hydrogen-bond acceptors (Lipinski definition) is 6. The van der Waals surface area contributed by atoms with Crippen LogP contribution in [-0.2, 0) is 4.79 Å². The van der Waals surface area contributed by atoms with Gasteiger partial charge in [0.05, 0.1) is 23.5 Å². The molecule has 0 saturated carbocycles. The zero-order valence-corrected chi connectivity index (χ0v) is 17.5. The van der Waals surface area contributed by atoms with Crippen molar-refractivity contribution in [1.82, 2.24) is 20.5 Å². The van der Waals surface area contributed by atoms with Crippen LogP contribution in [0.3, 0.4) is 0 Å². The molecular weight excluding hydrogens is 419 g/mol. The number of thioether (sulfide) groups is 1. The second kappa shape index (κ2) is 8.07. The van der Waals surface area contributed by atoms with Crippen molar-refractivity contribution in [2.24, 2.45) is 0 Å². The van der Waals surface area contributed by atoms with E-state index in [-0.39, 0.29) is 23.5 Å². The molecular formula is C22H19FN4O3S. The van der Waals surface area contributed by atoms with Crippen molar-refractivity contribution in [2.75, 3.05) is 19.0 Å². The minimum atomic E-state index is -0.313. The number of benzene rings is 2. The fourth-order valence-electron chi connectivity index (χ4n) is 3.61. The quantitative estimate of drug-likeness (QED) is 0.458. The molecule has 0 unspecified atom stereocenters. The van der Waals surface area contributed by atoms with Crippen molar-refractivity contribution in [3.8, 4) is 11.5 Å². The smallest absolute Gasteiger partial charge is 0.230 e. The lowest BCUT2D eigenvalue weighted by Gasteiger charge is -2.21. The average molecular weight is 438 g/mol. The lowest BCUT2D eigenvalue weighted by atomic mass is 10.1. The van der Waals surface area contributed by atoms with E-state index in [1.54, 1.807) is 12.3 Å². The molecule has 0 aliphatic carbocycles. The highest BCUT2D eigenvalue weighted by Gasteiger charge is 2.17. The summed E-state index contributed by atoms with van der Waals surface area (Å²) in [5.41, 5.74) is 2.47. The summed E-state index contributed by atoms with van der Waals surface area (Å²) >= 11 is 1.28. The van der Waals surface area contributed by atoms with E-state index in [2.05, 4.69) is 20.5 Å². The van der Waals surface area contributed by atoms with Gasteiger partial charge < -0.3 is 19.8 Å². The second-order valence-electron chi connectivity index (χ2n) is 7.23. The number of fused-ring (bicyclic) bond motifs is 4. The van der Waals surface area contributed by atoms with Gasteiger partial charge in [-0.25, -0.2) is 4.39 Å². The van der Waals surface area contributed by atoms with Crippen molar-refractivity contribution in [2.45, 2.75) is 18.0 Å². The van der Waals surface area contributed by atoms with E-state index in [1.807, 2.05) is 25.1 Å². The summed E-state index contributed by atoms with van der Waals surface area (Å²) in [5, 5.41) is 13.3. The molecule has 2 aromatic carbocycles. The molecule has 1 aliphatic rings. The Labute approximate surface area is 181 Å². The molecule has 0 bridgehead atoms. The van der Waals surface area contributed by atoms with E-state index in [9.17, 15) is 9.18 Å². The maximum Gasteiger partial charge on any atom is 0.230 e. The van der Waals surface area contributed by atoms with Gasteiger partial charge in [0, 0.05) is 16.3 Å². The number of nitrogens with one attached hydrogen (secondary N) is 2.